The normalized spacial score (nSPS) is 23.3. The Hall–Kier alpha value is -0.260. The van der Waals surface area contributed by atoms with E-state index in [9.17, 15) is 0 Å². The van der Waals surface area contributed by atoms with E-state index in [0.717, 1.165) is 5.92 Å². The van der Waals surface area contributed by atoms with Gasteiger partial charge < -0.3 is 0 Å². The quantitative estimate of drug-likeness (QED) is 0.538. The number of hydrogen-bond donors (Lipinski definition) is 0. The fourth-order valence-corrected chi connectivity index (χ4v) is 1.46. The van der Waals surface area contributed by atoms with Crippen LogP contribution in [0.2, 0.25) is 0 Å². The van der Waals surface area contributed by atoms with Gasteiger partial charge in [-0.3, -0.25) is 0 Å². The highest BCUT2D eigenvalue weighted by molar-refractivity contribution is 5.29. The Morgan fingerprint density at radius 3 is 2.36 bits per heavy atom. The molecule has 0 aromatic carbocycles. The van der Waals surface area contributed by atoms with E-state index in [1.54, 1.807) is 5.57 Å². The molecule has 0 N–H and O–H groups in total. The molecule has 0 fully saturated rings. The van der Waals surface area contributed by atoms with Crippen LogP contribution in [-0.2, 0) is 0 Å². The maximum Gasteiger partial charge on any atom is -0.00226 e. The van der Waals surface area contributed by atoms with Crippen molar-refractivity contribution in [2.75, 3.05) is 0 Å². The van der Waals surface area contributed by atoms with Gasteiger partial charge in [0.25, 0.3) is 0 Å². The predicted octanol–water partition coefficient (Wildman–Crippen LogP) is 3.78. The summed E-state index contributed by atoms with van der Waals surface area (Å²) in [5.74, 6) is 0.876. The average Bonchev–Trinajstić information content (AvgIpc) is 2.67. The zero-order valence-corrected chi connectivity index (χ0v) is 8.28. The summed E-state index contributed by atoms with van der Waals surface area (Å²) < 4.78 is 0. The molecule has 11 heavy (non-hydrogen) atoms. The van der Waals surface area contributed by atoms with Crippen molar-refractivity contribution in [2.24, 2.45) is 11.3 Å². The van der Waals surface area contributed by atoms with Crippen LogP contribution < -0.4 is 0 Å². The zero-order valence-electron chi connectivity index (χ0n) is 8.28. The van der Waals surface area contributed by atoms with Gasteiger partial charge in [-0.25, -0.2) is 0 Å². The molecule has 64 valence electrons. The first-order valence-corrected chi connectivity index (χ1v) is 4.79. The van der Waals surface area contributed by atoms with Crippen molar-refractivity contribution < 1.29 is 0 Å². The molecule has 0 aromatic rings. The van der Waals surface area contributed by atoms with Gasteiger partial charge in [-0.1, -0.05) is 45.8 Å². The molecule has 1 unspecified atom stereocenters. The van der Waals surface area contributed by atoms with Crippen molar-refractivity contribution in [3.8, 4) is 0 Å². The van der Waals surface area contributed by atoms with E-state index in [2.05, 4.69) is 33.8 Å². The molecular formula is C11H20. The van der Waals surface area contributed by atoms with Crippen LogP contribution in [0.4, 0.5) is 0 Å². The largest absolute Gasteiger partial charge is 0.0775 e. The highest BCUT2D eigenvalue weighted by Crippen LogP contribution is 2.41. The van der Waals surface area contributed by atoms with E-state index < -0.39 is 0 Å². The molecule has 0 heterocycles. The van der Waals surface area contributed by atoms with Gasteiger partial charge in [0.05, 0.1) is 0 Å². The second-order valence-corrected chi connectivity index (χ2v) is 4.45. The van der Waals surface area contributed by atoms with Crippen LogP contribution in [0.25, 0.3) is 0 Å². The van der Waals surface area contributed by atoms with Gasteiger partial charge in [-0.15, -0.1) is 0 Å². The summed E-state index contributed by atoms with van der Waals surface area (Å²) >= 11 is 0. The summed E-state index contributed by atoms with van der Waals surface area (Å²) in [4.78, 5) is 0. The monoisotopic (exact) mass is 152 g/mol. The maximum atomic E-state index is 2.43. The molecular weight excluding hydrogens is 132 g/mol. The Balaban J connectivity index is 2.28. The Morgan fingerprint density at radius 1 is 1.36 bits per heavy atom. The molecule has 1 aliphatic rings. The van der Waals surface area contributed by atoms with Gasteiger partial charge in [-0.05, 0) is 24.2 Å². The summed E-state index contributed by atoms with van der Waals surface area (Å²) in [6, 6.07) is 0. The highest BCUT2D eigenvalue weighted by Gasteiger charge is 2.27. The second kappa shape index (κ2) is 3.00. The van der Waals surface area contributed by atoms with Crippen molar-refractivity contribution in [1.29, 1.82) is 0 Å². The minimum absolute atomic E-state index is 0.537. The van der Waals surface area contributed by atoms with Crippen LogP contribution in [0.15, 0.2) is 11.6 Å². The van der Waals surface area contributed by atoms with E-state index in [1.807, 2.05) is 0 Å². The van der Waals surface area contributed by atoms with Crippen molar-refractivity contribution in [3.63, 3.8) is 0 Å². The van der Waals surface area contributed by atoms with Crippen LogP contribution in [-0.4, -0.2) is 0 Å². The van der Waals surface area contributed by atoms with Crippen molar-refractivity contribution >= 4 is 0 Å². The Morgan fingerprint density at radius 2 is 2.00 bits per heavy atom. The number of hydrogen-bond acceptors (Lipinski definition) is 0. The average molecular weight is 152 g/mol. The first kappa shape index (κ1) is 8.83. The van der Waals surface area contributed by atoms with Crippen LogP contribution in [0.5, 0.6) is 0 Å². The van der Waals surface area contributed by atoms with Crippen LogP contribution in [0, 0.1) is 11.3 Å². The van der Waals surface area contributed by atoms with Crippen LogP contribution in [0.3, 0.4) is 0 Å². The standard InChI is InChI=1S/C11H20/c1-5-9-7-10(9)8-11(3,4)6-2/h7,9H,5-6,8H2,1-4H3. The molecule has 1 atom stereocenters. The molecule has 0 heteroatoms. The molecule has 0 saturated heterocycles. The maximum absolute atomic E-state index is 2.43. The first-order valence-electron chi connectivity index (χ1n) is 4.79. The SMILES string of the molecule is CCC1C=C1CC(C)(C)CC. The van der Waals surface area contributed by atoms with E-state index in [4.69, 9.17) is 0 Å². The van der Waals surface area contributed by atoms with Crippen molar-refractivity contribution in [1.82, 2.24) is 0 Å². The molecule has 1 aliphatic carbocycles. The van der Waals surface area contributed by atoms with Crippen LogP contribution >= 0.6 is 0 Å². The fourth-order valence-electron chi connectivity index (χ4n) is 1.46. The molecule has 1 rings (SSSR count). The molecule has 0 aromatic heterocycles. The second-order valence-electron chi connectivity index (χ2n) is 4.45. The minimum Gasteiger partial charge on any atom is -0.0775 e. The summed E-state index contributed by atoms with van der Waals surface area (Å²) in [7, 11) is 0. The molecule has 0 nitrogen and oxygen atoms in total. The summed E-state index contributed by atoms with van der Waals surface area (Å²) in [6.07, 6.45) is 6.36. The van der Waals surface area contributed by atoms with E-state index in [1.165, 1.54) is 19.3 Å². The summed E-state index contributed by atoms with van der Waals surface area (Å²) in [6.45, 7) is 9.27. The smallest absolute Gasteiger partial charge is 0.00226 e. The van der Waals surface area contributed by atoms with Gasteiger partial charge in [0.2, 0.25) is 0 Å². The number of rotatable bonds is 4. The van der Waals surface area contributed by atoms with Gasteiger partial charge in [-0.2, -0.15) is 0 Å². The van der Waals surface area contributed by atoms with E-state index >= 15 is 0 Å². The minimum atomic E-state index is 0.537. The van der Waals surface area contributed by atoms with Crippen LogP contribution in [0.1, 0.15) is 47.0 Å². The highest BCUT2D eigenvalue weighted by atomic mass is 14.3. The lowest BCUT2D eigenvalue weighted by atomic mass is 9.84. The van der Waals surface area contributed by atoms with Gasteiger partial charge in [0.1, 0.15) is 0 Å². The lowest BCUT2D eigenvalue weighted by Crippen LogP contribution is -2.08. The van der Waals surface area contributed by atoms with Gasteiger partial charge >= 0.3 is 0 Å². The molecule has 0 aliphatic heterocycles. The molecule has 0 amide bonds. The third-order valence-corrected chi connectivity index (χ3v) is 2.86. The van der Waals surface area contributed by atoms with E-state index in [-0.39, 0.29) is 0 Å². The van der Waals surface area contributed by atoms with Gasteiger partial charge in [0, 0.05) is 0 Å². The molecule has 0 radical (unpaired) electrons. The Labute approximate surface area is 70.7 Å². The lowest BCUT2D eigenvalue weighted by Gasteiger charge is -2.21. The Bertz CT molecular complexity index is 163. The van der Waals surface area contributed by atoms with E-state index in [0.29, 0.717) is 5.41 Å². The third-order valence-electron chi connectivity index (χ3n) is 2.86. The number of allylic oxidation sites excluding steroid dienone is 2. The first-order chi connectivity index (χ1) is 5.09. The van der Waals surface area contributed by atoms with Crippen molar-refractivity contribution in [3.05, 3.63) is 11.6 Å². The zero-order chi connectivity index (χ0) is 8.48. The van der Waals surface area contributed by atoms with Crippen molar-refractivity contribution in [2.45, 2.75) is 47.0 Å². The third kappa shape index (κ3) is 2.36. The molecule has 0 saturated carbocycles. The molecule has 0 spiro atoms. The summed E-state index contributed by atoms with van der Waals surface area (Å²) in [5.41, 5.74) is 2.25. The van der Waals surface area contributed by atoms with Gasteiger partial charge in [0.15, 0.2) is 0 Å². The topological polar surface area (TPSA) is 0 Å². The molecule has 0 bridgehead atoms. The lowest BCUT2D eigenvalue weighted by molar-refractivity contribution is 0.347. The fraction of sp³-hybridized carbons (Fsp3) is 0.818. The summed E-state index contributed by atoms with van der Waals surface area (Å²) in [5, 5.41) is 0. The Kier molecular flexibility index (Phi) is 2.41. The predicted molar refractivity (Wildman–Crippen MR) is 50.6 cm³/mol.